The zero-order chi connectivity index (χ0) is 12.1. The van der Waals surface area contributed by atoms with E-state index in [9.17, 15) is 4.79 Å². The molecule has 16 heavy (non-hydrogen) atoms. The van der Waals surface area contributed by atoms with Crippen LogP contribution in [0.2, 0.25) is 4.34 Å². The van der Waals surface area contributed by atoms with E-state index in [1.54, 1.807) is 0 Å². The number of rotatable bonds is 5. The first kappa shape index (κ1) is 13.5. The second-order valence-electron chi connectivity index (χ2n) is 3.77. The number of hydrogen-bond donors (Lipinski definition) is 2. The highest BCUT2D eigenvalue weighted by atomic mass is 35.5. The average molecular weight is 261 g/mol. The minimum absolute atomic E-state index is 0.0343. The Morgan fingerprint density at radius 3 is 2.81 bits per heavy atom. The van der Waals surface area contributed by atoms with Gasteiger partial charge in [0.1, 0.15) is 0 Å². The van der Waals surface area contributed by atoms with Crippen LogP contribution in [0.4, 0.5) is 0 Å². The van der Waals surface area contributed by atoms with Crippen LogP contribution < -0.4 is 11.1 Å². The second kappa shape index (κ2) is 6.23. The van der Waals surface area contributed by atoms with E-state index < -0.39 is 6.04 Å². The molecule has 1 aromatic heterocycles. The van der Waals surface area contributed by atoms with Gasteiger partial charge in [0.2, 0.25) is 5.91 Å². The van der Waals surface area contributed by atoms with E-state index in [0.29, 0.717) is 6.42 Å². The molecule has 1 amide bonds. The summed E-state index contributed by atoms with van der Waals surface area (Å²) in [4.78, 5) is 12.7. The summed E-state index contributed by atoms with van der Waals surface area (Å²) in [6.07, 6.45) is 1.62. The summed E-state index contributed by atoms with van der Waals surface area (Å²) in [6, 6.07) is 3.30. The number of nitrogens with one attached hydrogen (secondary N) is 1. The molecule has 0 fully saturated rings. The Labute approximate surface area is 105 Å². The molecule has 3 N–H and O–H groups in total. The van der Waals surface area contributed by atoms with Crippen LogP contribution in [0.25, 0.3) is 0 Å². The summed E-state index contributed by atoms with van der Waals surface area (Å²) < 4.78 is 0.731. The van der Waals surface area contributed by atoms with Crippen LogP contribution in [-0.2, 0) is 4.79 Å². The topological polar surface area (TPSA) is 55.1 Å². The molecule has 0 saturated heterocycles. The number of carbonyl (C=O) groups excluding carboxylic acids is 1. The van der Waals surface area contributed by atoms with Crippen molar-refractivity contribution in [3.8, 4) is 0 Å². The quantitative estimate of drug-likeness (QED) is 0.855. The zero-order valence-corrected chi connectivity index (χ0v) is 11.1. The monoisotopic (exact) mass is 260 g/mol. The lowest BCUT2D eigenvalue weighted by molar-refractivity contribution is -0.123. The van der Waals surface area contributed by atoms with Gasteiger partial charge in [-0.15, -0.1) is 11.3 Å². The van der Waals surface area contributed by atoms with Gasteiger partial charge < -0.3 is 11.1 Å². The maximum Gasteiger partial charge on any atom is 0.237 e. The van der Waals surface area contributed by atoms with Crippen LogP contribution >= 0.6 is 22.9 Å². The van der Waals surface area contributed by atoms with Gasteiger partial charge in [-0.2, -0.15) is 0 Å². The van der Waals surface area contributed by atoms with E-state index in [-0.39, 0.29) is 11.9 Å². The lowest BCUT2D eigenvalue weighted by atomic mass is 10.1. The van der Waals surface area contributed by atoms with Crippen LogP contribution in [0, 0.1) is 0 Å². The molecule has 90 valence electrons. The third-order valence-electron chi connectivity index (χ3n) is 2.32. The molecule has 1 unspecified atom stereocenters. The van der Waals surface area contributed by atoms with Crippen molar-refractivity contribution in [1.29, 1.82) is 0 Å². The summed E-state index contributed by atoms with van der Waals surface area (Å²) >= 11 is 7.31. The molecule has 0 aliphatic carbocycles. The molecule has 1 heterocycles. The smallest absolute Gasteiger partial charge is 0.237 e. The highest BCUT2D eigenvalue weighted by Crippen LogP contribution is 2.26. The lowest BCUT2D eigenvalue weighted by Gasteiger charge is -2.15. The van der Waals surface area contributed by atoms with Crippen LogP contribution in [0.3, 0.4) is 0 Å². The normalized spacial score (nSPS) is 14.5. The zero-order valence-electron chi connectivity index (χ0n) is 9.50. The van der Waals surface area contributed by atoms with Crippen molar-refractivity contribution in [3.63, 3.8) is 0 Å². The van der Waals surface area contributed by atoms with Crippen molar-refractivity contribution in [1.82, 2.24) is 5.32 Å². The Kier molecular flexibility index (Phi) is 5.25. The van der Waals surface area contributed by atoms with Gasteiger partial charge in [0.25, 0.3) is 0 Å². The standard InChI is InChI=1S/C11H17ClN2OS/c1-3-4-8(13)11(15)14-7(2)9-5-6-10(12)16-9/h5-8H,3-4,13H2,1-2H3,(H,14,15)/t7?,8-/m0/s1. The van der Waals surface area contributed by atoms with Crippen LogP contribution in [0.1, 0.15) is 37.6 Å². The van der Waals surface area contributed by atoms with Crippen LogP contribution in [-0.4, -0.2) is 11.9 Å². The molecule has 1 aromatic rings. The van der Waals surface area contributed by atoms with Crippen LogP contribution in [0.5, 0.6) is 0 Å². The second-order valence-corrected chi connectivity index (χ2v) is 5.51. The largest absolute Gasteiger partial charge is 0.347 e. The SMILES string of the molecule is CCC[C@H](N)C(=O)NC(C)c1ccc(Cl)s1. The molecule has 0 radical (unpaired) electrons. The third-order valence-corrected chi connectivity index (χ3v) is 3.73. The number of halogens is 1. The Morgan fingerprint density at radius 1 is 1.62 bits per heavy atom. The van der Waals surface area contributed by atoms with Crippen molar-refractivity contribution < 1.29 is 4.79 Å². The maximum atomic E-state index is 11.7. The summed E-state index contributed by atoms with van der Waals surface area (Å²) in [7, 11) is 0. The minimum Gasteiger partial charge on any atom is -0.347 e. The summed E-state index contributed by atoms with van der Waals surface area (Å²) in [5, 5.41) is 2.88. The highest BCUT2D eigenvalue weighted by Gasteiger charge is 2.16. The third kappa shape index (κ3) is 3.77. The van der Waals surface area contributed by atoms with Gasteiger partial charge in [-0.3, -0.25) is 4.79 Å². The lowest BCUT2D eigenvalue weighted by Crippen LogP contribution is -2.41. The van der Waals surface area contributed by atoms with E-state index in [2.05, 4.69) is 5.32 Å². The van der Waals surface area contributed by atoms with Crippen molar-refractivity contribution >= 4 is 28.8 Å². The van der Waals surface area contributed by atoms with E-state index in [1.807, 2.05) is 26.0 Å². The molecule has 2 atom stereocenters. The van der Waals surface area contributed by atoms with Crippen molar-refractivity contribution in [2.24, 2.45) is 5.73 Å². The minimum atomic E-state index is -0.414. The molecule has 0 aliphatic heterocycles. The van der Waals surface area contributed by atoms with Crippen molar-refractivity contribution in [3.05, 3.63) is 21.3 Å². The Morgan fingerprint density at radius 2 is 2.31 bits per heavy atom. The number of nitrogens with two attached hydrogens (primary N) is 1. The molecule has 0 spiro atoms. The molecule has 3 nitrogen and oxygen atoms in total. The van der Waals surface area contributed by atoms with Gasteiger partial charge in [0.15, 0.2) is 0 Å². The molecule has 0 aliphatic rings. The van der Waals surface area contributed by atoms with Gasteiger partial charge >= 0.3 is 0 Å². The summed E-state index contributed by atoms with van der Waals surface area (Å²) in [6.45, 7) is 3.94. The van der Waals surface area contributed by atoms with Gasteiger partial charge in [-0.25, -0.2) is 0 Å². The first-order chi connectivity index (χ1) is 7.54. The van der Waals surface area contributed by atoms with Crippen molar-refractivity contribution in [2.75, 3.05) is 0 Å². The fraction of sp³-hybridized carbons (Fsp3) is 0.545. The van der Waals surface area contributed by atoms with Gasteiger partial charge in [0, 0.05) is 4.88 Å². The maximum absolute atomic E-state index is 11.7. The number of amides is 1. The van der Waals surface area contributed by atoms with E-state index in [0.717, 1.165) is 15.6 Å². The molecule has 0 saturated carbocycles. The van der Waals surface area contributed by atoms with Crippen molar-refractivity contribution in [2.45, 2.75) is 38.8 Å². The number of hydrogen-bond acceptors (Lipinski definition) is 3. The average Bonchev–Trinajstić information content (AvgIpc) is 2.65. The molecule has 1 rings (SSSR count). The predicted molar refractivity (Wildman–Crippen MR) is 68.8 cm³/mol. The first-order valence-electron chi connectivity index (χ1n) is 5.35. The molecule has 0 bridgehead atoms. The van der Waals surface area contributed by atoms with Gasteiger partial charge in [-0.1, -0.05) is 24.9 Å². The Hall–Kier alpha value is -0.580. The van der Waals surface area contributed by atoms with Gasteiger partial charge in [-0.05, 0) is 25.5 Å². The molecule has 0 aromatic carbocycles. The number of carbonyl (C=O) groups is 1. The van der Waals surface area contributed by atoms with Crippen LogP contribution in [0.15, 0.2) is 12.1 Å². The Balaban J connectivity index is 2.51. The highest BCUT2D eigenvalue weighted by molar-refractivity contribution is 7.16. The predicted octanol–water partition coefficient (Wildman–Crippen LogP) is 2.71. The van der Waals surface area contributed by atoms with E-state index >= 15 is 0 Å². The van der Waals surface area contributed by atoms with E-state index in [1.165, 1.54) is 11.3 Å². The van der Waals surface area contributed by atoms with E-state index in [4.69, 9.17) is 17.3 Å². The fourth-order valence-electron chi connectivity index (χ4n) is 1.39. The van der Waals surface area contributed by atoms with Gasteiger partial charge in [0.05, 0.1) is 16.4 Å². The fourth-order valence-corrected chi connectivity index (χ4v) is 2.46. The molecular formula is C11H17ClN2OS. The summed E-state index contributed by atoms with van der Waals surface area (Å²) in [5.74, 6) is -0.0983. The Bertz CT molecular complexity index is 354. The first-order valence-corrected chi connectivity index (χ1v) is 6.55. The summed E-state index contributed by atoms with van der Waals surface area (Å²) in [5.41, 5.74) is 5.72. The molecule has 5 heteroatoms. The number of thiophene rings is 1. The molecular weight excluding hydrogens is 244 g/mol.